The highest BCUT2D eigenvalue weighted by molar-refractivity contribution is 5.95. The van der Waals surface area contributed by atoms with Crippen molar-refractivity contribution in [2.45, 2.75) is 57.4 Å². The fourth-order valence-corrected chi connectivity index (χ4v) is 5.12. The zero-order chi connectivity index (χ0) is 25.9. The van der Waals surface area contributed by atoms with Gasteiger partial charge in [0.1, 0.15) is 17.5 Å². The van der Waals surface area contributed by atoms with E-state index in [2.05, 4.69) is 4.90 Å². The molecule has 0 bridgehead atoms. The standard InChI is InChI=1S/C28H34F4N2O2/c1-27(2,29)19-33-16-13-20(14-17-33)18-36-24-11-9-22(10-12-24)21-5-7-23(8-6-21)26(35)34-15-3-4-25(34)28(30,31)32/h5-12,20,25H,3-4,13-19H2,1-2H3/t25-/m0/s1. The summed E-state index contributed by atoms with van der Waals surface area (Å²) >= 11 is 0. The Morgan fingerprint density at radius 1 is 0.889 bits per heavy atom. The molecule has 36 heavy (non-hydrogen) atoms. The molecule has 8 heteroatoms. The summed E-state index contributed by atoms with van der Waals surface area (Å²) in [6.45, 7) is 6.20. The van der Waals surface area contributed by atoms with Crippen molar-refractivity contribution < 1.29 is 27.1 Å². The van der Waals surface area contributed by atoms with Crippen molar-refractivity contribution in [2.24, 2.45) is 5.92 Å². The van der Waals surface area contributed by atoms with E-state index in [1.807, 2.05) is 24.3 Å². The first-order valence-corrected chi connectivity index (χ1v) is 12.6. The molecule has 2 saturated heterocycles. The highest BCUT2D eigenvalue weighted by atomic mass is 19.4. The second-order valence-corrected chi connectivity index (χ2v) is 10.5. The molecule has 0 spiro atoms. The van der Waals surface area contributed by atoms with Gasteiger partial charge in [-0.3, -0.25) is 4.79 Å². The molecule has 2 aromatic rings. The highest BCUT2D eigenvalue weighted by Gasteiger charge is 2.47. The summed E-state index contributed by atoms with van der Waals surface area (Å²) in [4.78, 5) is 15.8. The average Bonchev–Trinajstić information content (AvgIpc) is 3.34. The maximum atomic E-state index is 13.8. The van der Waals surface area contributed by atoms with Crippen LogP contribution in [0.4, 0.5) is 17.6 Å². The van der Waals surface area contributed by atoms with Crippen LogP contribution < -0.4 is 4.74 Å². The Bertz CT molecular complexity index is 1010. The number of benzene rings is 2. The van der Waals surface area contributed by atoms with Crippen LogP contribution in [0.25, 0.3) is 11.1 Å². The van der Waals surface area contributed by atoms with Crippen LogP contribution in [0, 0.1) is 5.92 Å². The number of alkyl halides is 4. The lowest BCUT2D eigenvalue weighted by molar-refractivity contribution is -0.169. The number of hydrogen-bond acceptors (Lipinski definition) is 3. The van der Waals surface area contributed by atoms with Gasteiger partial charge in [0.05, 0.1) is 6.61 Å². The van der Waals surface area contributed by atoms with Crippen molar-refractivity contribution in [1.29, 1.82) is 0 Å². The molecule has 2 aliphatic rings. The molecule has 0 aliphatic carbocycles. The summed E-state index contributed by atoms with van der Waals surface area (Å²) in [5.41, 5.74) is 0.884. The van der Waals surface area contributed by atoms with Gasteiger partial charge in [0, 0.05) is 18.7 Å². The van der Waals surface area contributed by atoms with E-state index < -0.39 is 23.8 Å². The van der Waals surface area contributed by atoms with E-state index in [1.165, 1.54) is 0 Å². The molecule has 1 atom stereocenters. The number of likely N-dealkylation sites (tertiary alicyclic amines) is 2. The molecule has 1 amide bonds. The second-order valence-electron chi connectivity index (χ2n) is 10.5. The van der Waals surface area contributed by atoms with E-state index in [0.717, 1.165) is 47.7 Å². The Balaban J connectivity index is 1.29. The number of hydrogen-bond donors (Lipinski definition) is 0. The molecule has 4 nitrogen and oxygen atoms in total. The highest BCUT2D eigenvalue weighted by Crippen LogP contribution is 2.34. The number of piperidine rings is 1. The van der Waals surface area contributed by atoms with Crippen LogP contribution in [0.3, 0.4) is 0 Å². The molecular weight excluding hydrogens is 472 g/mol. The Hall–Kier alpha value is -2.61. The van der Waals surface area contributed by atoms with Crippen LogP contribution in [-0.2, 0) is 0 Å². The maximum absolute atomic E-state index is 13.8. The third kappa shape index (κ3) is 6.78. The fourth-order valence-electron chi connectivity index (χ4n) is 5.12. The third-order valence-electron chi connectivity index (χ3n) is 7.00. The average molecular weight is 507 g/mol. The van der Waals surface area contributed by atoms with Crippen LogP contribution in [-0.4, -0.2) is 66.4 Å². The minimum atomic E-state index is -4.40. The summed E-state index contributed by atoms with van der Waals surface area (Å²) in [5, 5.41) is 0. The first-order valence-electron chi connectivity index (χ1n) is 12.6. The molecule has 0 aromatic heterocycles. The number of ether oxygens (including phenoxy) is 1. The predicted molar refractivity (Wildman–Crippen MR) is 132 cm³/mol. The molecule has 2 fully saturated rings. The number of carbonyl (C=O) groups excluding carboxylic acids is 1. The zero-order valence-corrected chi connectivity index (χ0v) is 20.9. The smallest absolute Gasteiger partial charge is 0.408 e. The van der Waals surface area contributed by atoms with Crippen molar-refractivity contribution in [3.63, 3.8) is 0 Å². The fraction of sp³-hybridized carbons (Fsp3) is 0.536. The van der Waals surface area contributed by atoms with Crippen LogP contribution >= 0.6 is 0 Å². The van der Waals surface area contributed by atoms with Crippen molar-refractivity contribution >= 4 is 5.91 Å². The molecule has 2 aromatic carbocycles. The van der Waals surface area contributed by atoms with E-state index in [1.54, 1.807) is 38.1 Å². The van der Waals surface area contributed by atoms with Crippen LogP contribution in [0.2, 0.25) is 0 Å². The Morgan fingerprint density at radius 2 is 1.47 bits per heavy atom. The topological polar surface area (TPSA) is 32.8 Å². The number of rotatable bonds is 7. The van der Waals surface area contributed by atoms with E-state index in [0.29, 0.717) is 25.5 Å². The molecule has 0 saturated carbocycles. The van der Waals surface area contributed by atoms with Gasteiger partial charge < -0.3 is 14.5 Å². The summed E-state index contributed by atoms with van der Waals surface area (Å²) in [6, 6.07) is 12.6. The molecule has 196 valence electrons. The third-order valence-corrected chi connectivity index (χ3v) is 7.00. The maximum Gasteiger partial charge on any atom is 0.408 e. The normalized spacial score (nSPS) is 20.1. The van der Waals surface area contributed by atoms with Gasteiger partial charge in [-0.1, -0.05) is 24.3 Å². The van der Waals surface area contributed by atoms with Gasteiger partial charge in [-0.05, 0) is 93.9 Å². The molecule has 0 N–H and O–H groups in total. The molecule has 2 aliphatic heterocycles. The summed E-state index contributed by atoms with van der Waals surface area (Å²) in [7, 11) is 0. The number of carbonyl (C=O) groups is 1. The molecule has 4 rings (SSSR count). The van der Waals surface area contributed by atoms with E-state index in [4.69, 9.17) is 4.74 Å². The molecule has 2 heterocycles. The van der Waals surface area contributed by atoms with Gasteiger partial charge >= 0.3 is 6.18 Å². The molecule has 0 unspecified atom stereocenters. The van der Waals surface area contributed by atoms with E-state index in [-0.39, 0.29) is 18.5 Å². The van der Waals surface area contributed by atoms with Crippen molar-refractivity contribution in [2.75, 3.05) is 32.8 Å². The molecule has 0 radical (unpaired) electrons. The van der Waals surface area contributed by atoms with Gasteiger partial charge in [0.25, 0.3) is 5.91 Å². The number of halogens is 4. The lowest BCUT2D eigenvalue weighted by atomic mass is 9.97. The van der Waals surface area contributed by atoms with Gasteiger partial charge in [-0.2, -0.15) is 13.2 Å². The minimum absolute atomic E-state index is 0.0432. The largest absolute Gasteiger partial charge is 0.493 e. The van der Waals surface area contributed by atoms with Gasteiger partial charge in [-0.15, -0.1) is 0 Å². The van der Waals surface area contributed by atoms with Gasteiger partial charge in [0.15, 0.2) is 0 Å². The van der Waals surface area contributed by atoms with Crippen LogP contribution in [0.1, 0.15) is 49.9 Å². The lowest BCUT2D eigenvalue weighted by Crippen LogP contribution is -2.44. The quantitative estimate of drug-likeness (QED) is 0.410. The zero-order valence-electron chi connectivity index (χ0n) is 20.9. The SMILES string of the molecule is CC(C)(F)CN1CCC(COc2ccc(-c3ccc(C(=O)N4CCC[C@H]4C(F)(F)F)cc3)cc2)CC1. The van der Waals surface area contributed by atoms with Crippen molar-refractivity contribution in [3.05, 3.63) is 54.1 Å². The lowest BCUT2D eigenvalue weighted by Gasteiger charge is -2.34. The second kappa shape index (κ2) is 10.8. The Morgan fingerprint density at radius 3 is 2.03 bits per heavy atom. The monoisotopic (exact) mass is 506 g/mol. The van der Waals surface area contributed by atoms with Crippen molar-refractivity contribution in [1.82, 2.24) is 9.80 Å². The Labute approximate surface area is 210 Å². The Kier molecular flexibility index (Phi) is 7.93. The van der Waals surface area contributed by atoms with Crippen LogP contribution in [0.5, 0.6) is 5.75 Å². The van der Waals surface area contributed by atoms with Gasteiger partial charge in [0.2, 0.25) is 0 Å². The van der Waals surface area contributed by atoms with E-state index in [9.17, 15) is 22.4 Å². The predicted octanol–water partition coefficient (Wildman–Crippen LogP) is 6.36. The summed E-state index contributed by atoms with van der Waals surface area (Å²) < 4.78 is 59.5. The van der Waals surface area contributed by atoms with Crippen LogP contribution in [0.15, 0.2) is 48.5 Å². The van der Waals surface area contributed by atoms with Gasteiger partial charge in [-0.25, -0.2) is 4.39 Å². The number of amides is 1. The molecular formula is C28H34F4N2O2. The first-order chi connectivity index (χ1) is 17.0. The summed E-state index contributed by atoms with van der Waals surface area (Å²) in [6.07, 6.45) is -2.11. The minimum Gasteiger partial charge on any atom is -0.493 e. The first kappa shape index (κ1) is 26.5. The number of nitrogens with zero attached hydrogens (tertiary/aromatic N) is 2. The van der Waals surface area contributed by atoms with E-state index >= 15 is 0 Å². The summed E-state index contributed by atoms with van der Waals surface area (Å²) in [5.74, 6) is 0.635. The van der Waals surface area contributed by atoms with Crippen molar-refractivity contribution in [3.8, 4) is 16.9 Å².